The standard InChI is InChI=1S/C15H11N3O2.C9H8N2/c19-18(20)14-8-6-13(7-9-14)17-11-10-16-15(17)12-4-2-1-3-5-12;1-2-4-8(5-3-1)9-10-6-7-11-9/h1-11H;1-7H,(H,10,11). The summed E-state index contributed by atoms with van der Waals surface area (Å²) in [4.78, 5) is 21.8. The van der Waals surface area contributed by atoms with Gasteiger partial charge < -0.3 is 4.98 Å². The van der Waals surface area contributed by atoms with E-state index in [1.54, 1.807) is 24.5 Å². The first-order chi connectivity index (χ1) is 15.2. The Morgan fingerprint density at radius 2 is 1.42 bits per heavy atom. The average molecular weight is 409 g/mol. The Hall–Kier alpha value is -4.52. The Bertz CT molecular complexity index is 1230. The summed E-state index contributed by atoms with van der Waals surface area (Å²) in [5.74, 6) is 1.73. The van der Waals surface area contributed by atoms with E-state index < -0.39 is 4.92 Å². The molecular weight excluding hydrogens is 390 g/mol. The lowest BCUT2D eigenvalue weighted by Gasteiger charge is -2.07. The molecule has 2 aromatic heterocycles. The number of non-ortho nitro benzene ring substituents is 1. The number of H-pyrrole nitrogens is 1. The summed E-state index contributed by atoms with van der Waals surface area (Å²) in [7, 11) is 0. The maximum Gasteiger partial charge on any atom is 0.269 e. The Balaban J connectivity index is 0.000000177. The molecule has 0 aliphatic heterocycles. The number of hydrogen-bond acceptors (Lipinski definition) is 4. The van der Waals surface area contributed by atoms with Crippen LogP contribution in [0.2, 0.25) is 0 Å². The number of nitro groups is 1. The number of rotatable bonds is 4. The molecule has 0 fully saturated rings. The Morgan fingerprint density at radius 3 is 2.00 bits per heavy atom. The molecule has 0 radical (unpaired) electrons. The van der Waals surface area contributed by atoms with Gasteiger partial charge in [-0.25, -0.2) is 9.97 Å². The number of hydrogen-bond donors (Lipinski definition) is 1. The highest BCUT2D eigenvalue weighted by Crippen LogP contribution is 2.22. The van der Waals surface area contributed by atoms with E-state index in [1.165, 1.54) is 12.1 Å². The third-order valence-corrected chi connectivity index (χ3v) is 4.56. The number of aromatic amines is 1. The third kappa shape index (κ3) is 4.73. The van der Waals surface area contributed by atoms with Gasteiger partial charge in [0.05, 0.1) is 4.92 Å². The van der Waals surface area contributed by atoms with Gasteiger partial charge in [0, 0.05) is 53.7 Å². The van der Waals surface area contributed by atoms with Crippen LogP contribution in [0.15, 0.2) is 110 Å². The van der Waals surface area contributed by atoms with E-state index in [0.717, 1.165) is 28.5 Å². The van der Waals surface area contributed by atoms with Crippen molar-refractivity contribution in [1.82, 2.24) is 19.5 Å². The molecule has 0 spiro atoms. The van der Waals surface area contributed by atoms with Crippen molar-refractivity contribution in [3.63, 3.8) is 0 Å². The predicted octanol–water partition coefficient (Wildman–Crippen LogP) is 5.52. The normalized spacial score (nSPS) is 10.2. The van der Waals surface area contributed by atoms with E-state index in [2.05, 4.69) is 15.0 Å². The molecule has 0 aliphatic carbocycles. The fourth-order valence-corrected chi connectivity index (χ4v) is 3.07. The third-order valence-electron chi connectivity index (χ3n) is 4.56. The van der Waals surface area contributed by atoms with Gasteiger partial charge in [0.1, 0.15) is 11.6 Å². The maximum absolute atomic E-state index is 10.7. The van der Waals surface area contributed by atoms with E-state index >= 15 is 0 Å². The molecule has 0 atom stereocenters. The van der Waals surface area contributed by atoms with Gasteiger partial charge in [0.15, 0.2) is 0 Å². The molecule has 152 valence electrons. The first-order valence-corrected chi connectivity index (χ1v) is 9.61. The van der Waals surface area contributed by atoms with E-state index in [1.807, 2.05) is 77.6 Å². The predicted molar refractivity (Wildman–Crippen MR) is 120 cm³/mol. The zero-order chi connectivity index (χ0) is 21.5. The molecule has 2 heterocycles. The van der Waals surface area contributed by atoms with Gasteiger partial charge in [-0.3, -0.25) is 14.7 Å². The molecule has 31 heavy (non-hydrogen) atoms. The maximum atomic E-state index is 10.7. The van der Waals surface area contributed by atoms with E-state index in [0.29, 0.717) is 0 Å². The van der Waals surface area contributed by atoms with Crippen LogP contribution in [-0.4, -0.2) is 24.4 Å². The number of nitro benzene ring substituents is 1. The molecule has 5 aromatic rings. The Kier molecular flexibility index (Phi) is 5.95. The molecule has 0 saturated heterocycles. The lowest BCUT2D eigenvalue weighted by Crippen LogP contribution is -1.96. The number of nitrogens with one attached hydrogen (secondary N) is 1. The summed E-state index contributed by atoms with van der Waals surface area (Å²) < 4.78 is 1.90. The van der Waals surface area contributed by atoms with Crippen LogP contribution in [-0.2, 0) is 0 Å². The van der Waals surface area contributed by atoms with Gasteiger partial charge in [0.2, 0.25) is 0 Å². The van der Waals surface area contributed by atoms with Crippen LogP contribution in [0.4, 0.5) is 5.69 Å². The van der Waals surface area contributed by atoms with Gasteiger partial charge >= 0.3 is 0 Å². The smallest absolute Gasteiger partial charge is 0.269 e. The molecular formula is C24H19N5O2. The molecule has 7 heteroatoms. The highest BCUT2D eigenvalue weighted by molar-refractivity contribution is 5.59. The van der Waals surface area contributed by atoms with Gasteiger partial charge in [-0.15, -0.1) is 0 Å². The fourth-order valence-electron chi connectivity index (χ4n) is 3.07. The molecule has 0 bridgehead atoms. The fraction of sp³-hybridized carbons (Fsp3) is 0. The number of aromatic nitrogens is 4. The summed E-state index contributed by atoms with van der Waals surface area (Å²) in [6.45, 7) is 0. The Labute approximate surface area is 178 Å². The first-order valence-electron chi connectivity index (χ1n) is 9.61. The molecule has 0 amide bonds. The van der Waals surface area contributed by atoms with Crippen molar-refractivity contribution in [3.05, 3.63) is 120 Å². The number of benzene rings is 3. The van der Waals surface area contributed by atoms with Crippen molar-refractivity contribution in [2.45, 2.75) is 0 Å². The lowest BCUT2D eigenvalue weighted by atomic mass is 10.2. The second-order valence-corrected chi connectivity index (χ2v) is 6.56. The van der Waals surface area contributed by atoms with Crippen LogP contribution in [0.1, 0.15) is 0 Å². The number of nitrogens with zero attached hydrogens (tertiary/aromatic N) is 4. The van der Waals surface area contributed by atoms with Crippen LogP contribution in [0.5, 0.6) is 0 Å². The highest BCUT2D eigenvalue weighted by Gasteiger charge is 2.09. The summed E-state index contributed by atoms with van der Waals surface area (Å²) in [5.41, 5.74) is 3.04. The van der Waals surface area contributed by atoms with Crippen molar-refractivity contribution in [2.24, 2.45) is 0 Å². The molecule has 5 rings (SSSR count). The molecule has 7 nitrogen and oxygen atoms in total. The van der Waals surface area contributed by atoms with Gasteiger partial charge in [-0.2, -0.15) is 0 Å². The highest BCUT2D eigenvalue weighted by atomic mass is 16.6. The van der Waals surface area contributed by atoms with Crippen molar-refractivity contribution < 1.29 is 4.92 Å². The molecule has 0 unspecified atom stereocenters. The summed E-state index contributed by atoms with van der Waals surface area (Å²) in [5, 5.41) is 10.7. The summed E-state index contributed by atoms with van der Waals surface area (Å²) in [6.07, 6.45) is 7.12. The van der Waals surface area contributed by atoms with Crippen LogP contribution < -0.4 is 0 Å². The Morgan fingerprint density at radius 1 is 0.774 bits per heavy atom. The topological polar surface area (TPSA) is 89.6 Å². The second-order valence-electron chi connectivity index (χ2n) is 6.56. The molecule has 3 aromatic carbocycles. The van der Waals surface area contributed by atoms with E-state index in [9.17, 15) is 10.1 Å². The van der Waals surface area contributed by atoms with Crippen LogP contribution >= 0.6 is 0 Å². The van der Waals surface area contributed by atoms with Crippen molar-refractivity contribution in [1.29, 1.82) is 0 Å². The van der Waals surface area contributed by atoms with E-state index in [4.69, 9.17) is 0 Å². The molecule has 0 saturated carbocycles. The minimum absolute atomic E-state index is 0.0788. The largest absolute Gasteiger partial charge is 0.345 e. The minimum atomic E-state index is -0.407. The number of imidazole rings is 2. The van der Waals surface area contributed by atoms with E-state index in [-0.39, 0.29) is 5.69 Å². The second kappa shape index (κ2) is 9.32. The van der Waals surface area contributed by atoms with Gasteiger partial charge in [-0.1, -0.05) is 60.7 Å². The molecule has 1 N–H and O–H groups in total. The monoisotopic (exact) mass is 409 g/mol. The zero-order valence-electron chi connectivity index (χ0n) is 16.5. The quantitative estimate of drug-likeness (QED) is 0.312. The van der Waals surface area contributed by atoms with Crippen molar-refractivity contribution in [2.75, 3.05) is 0 Å². The van der Waals surface area contributed by atoms with Crippen LogP contribution in [0.3, 0.4) is 0 Å². The van der Waals surface area contributed by atoms with Crippen LogP contribution in [0.25, 0.3) is 28.5 Å². The molecule has 0 aliphatic rings. The summed E-state index contributed by atoms with van der Waals surface area (Å²) in [6, 6.07) is 26.2. The van der Waals surface area contributed by atoms with Crippen LogP contribution in [0, 0.1) is 10.1 Å². The van der Waals surface area contributed by atoms with Crippen molar-refractivity contribution >= 4 is 5.69 Å². The average Bonchev–Trinajstić information content (AvgIpc) is 3.53. The SMILES string of the molecule is O=[N+]([O-])c1ccc(-n2ccnc2-c2ccccc2)cc1.c1ccc(-c2ncc[nH]2)cc1. The minimum Gasteiger partial charge on any atom is -0.345 e. The van der Waals surface area contributed by atoms with Crippen molar-refractivity contribution in [3.8, 4) is 28.5 Å². The van der Waals surface area contributed by atoms with Gasteiger partial charge in [0.25, 0.3) is 5.69 Å². The summed E-state index contributed by atoms with van der Waals surface area (Å²) >= 11 is 0. The lowest BCUT2D eigenvalue weighted by molar-refractivity contribution is -0.384. The zero-order valence-corrected chi connectivity index (χ0v) is 16.5. The first kappa shape index (κ1) is 19.8. The van der Waals surface area contributed by atoms with Gasteiger partial charge in [-0.05, 0) is 12.1 Å².